The number of aromatic nitrogens is 1. The van der Waals surface area contributed by atoms with Gasteiger partial charge in [0.25, 0.3) is 5.91 Å². The molecule has 0 aliphatic carbocycles. The first-order valence-electron chi connectivity index (χ1n) is 9.33. The Balaban J connectivity index is 1.40. The van der Waals surface area contributed by atoms with Crippen LogP contribution in [0.1, 0.15) is 22.8 Å². The third kappa shape index (κ3) is 4.82. The van der Waals surface area contributed by atoms with Crippen LogP contribution in [0.15, 0.2) is 72.8 Å². The molecule has 1 heterocycles. The Morgan fingerprint density at radius 3 is 2.47 bits per heavy atom. The predicted octanol–water partition coefficient (Wildman–Crippen LogP) is 5.09. The molecule has 0 aliphatic heterocycles. The van der Waals surface area contributed by atoms with Crippen molar-refractivity contribution in [2.24, 2.45) is 0 Å². The van der Waals surface area contributed by atoms with Crippen LogP contribution in [0.2, 0.25) is 0 Å². The lowest BCUT2D eigenvalue weighted by atomic mass is 10.2. The zero-order chi connectivity index (χ0) is 20.9. The van der Waals surface area contributed by atoms with Gasteiger partial charge in [-0.3, -0.25) is 14.9 Å². The van der Waals surface area contributed by atoms with E-state index in [2.05, 4.69) is 15.6 Å². The van der Waals surface area contributed by atoms with Crippen LogP contribution in [0.4, 0.5) is 10.8 Å². The largest absolute Gasteiger partial charge is 0.489 e. The minimum Gasteiger partial charge on any atom is -0.489 e. The highest BCUT2D eigenvalue weighted by atomic mass is 32.1. The summed E-state index contributed by atoms with van der Waals surface area (Å²) in [5, 5.41) is 6.06. The smallest absolute Gasteiger partial charge is 0.257 e. The Kier molecular flexibility index (Phi) is 5.72. The third-order valence-corrected chi connectivity index (χ3v) is 5.23. The molecule has 0 fully saturated rings. The van der Waals surface area contributed by atoms with Gasteiger partial charge in [0.15, 0.2) is 5.13 Å². The van der Waals surface area contributed by atoms with Gasteiger partial charge >= 0.3 is 0 Å². The minimum absolute atomic E-state index is 0.136. The topological polar surface area (TPSA) is 80.3 Å². The second kappa shape index (κ2) is 8.75. The van der Waals surface area contributed by atoms with Crippen LogP contribution < -0.4 is 15.4 Å². The van der Waals surface area contributed by atoms with Gasteiger partial charge in [0.2, 0.25) is 5.91 Å². The van der Waals surface area contributed by atoms with E-state index in [1.54, 1.807) is 30.3 Å². The molecule has 0 atom stereocenters. The molecule has 4 aromatic rings. The van der Waals surface area contributed by atoms with E-state index in [1.165, 1.54) is 18.3 Å². The van der Waals surface area contributed by atoms with Crippen LogP contribution in [-0.4, -0.2) is 16.8 Å². The fraction of sp³-hybridized carbons (Fsp3) is 0.0870. The van der Waals surface area contributed by atoms with E-state index in [-0.39, 0.29) is 11.8 Å². The molecule has 1 aromatic heterocycles. The van der Waals surface area contributed by atoms with Crippen molar-refractivity contribution in [3.05, 3.63) is 83.9 Å². The van der Waals surface area contributed by atoms with Gasteiger partial charge in [0.1, 0.15) is 12.4 Å². The summed E-state index contributed by atoms with van der Waals surface area (Å²) in [5.74, 6) is 0.315. The number of thiazole rings is 1. The summed E-state index contributed by atoms with van der Waals surface area (Å²) < 4.78 is 6.63. The molecule has 0 spiro atoms. The molecule has 150 valence electrons. The van der Waals surface area contributed by atoms with Gasteiger partial charge in [0.05, 0.1) is 10.2 Å². The quantitative estimate of drug-likeness (QED) is 0.458. The van der Waals surface area contributed by atoms with Crippen molar-refractivity contribution in [1.29, 1.82) is 0 Å². The lowest BCUT2D eigenvalue weighted by Gasteiger charge is -2.07. The molecule has 6 nitrogen and oxygen atoms in total. The summed E-state index contributed by atoms with van der Waals surface area (Å²) in [7, 11) is 0. The molecular weight excluding hydrogens is 398 g/mol. The Hall–Kier alpha value is -3.71. The number of nitrogens with zero attached hydrogens (tertiary/aromatic N) is 1. The normalized spacial score (nSPS) is 10.6. The maximum Gasteiger partial charge on any atom is 0.257 e. The van der Waals surface area contributed by atoms with Crippen molar-refractivity contribution >= 4 is 44.2 Å². The van der Waals surface area contributed by atoms with Gasteiger partial charge in [-0.2, -0.15) is 0 Å². The summed E-state index contributed by atoms with van der Waals surface area (Å²) in [6.07, 6.45) is 0. The van der Waals surface area contributed by atoms with Crippen LogP contribution in [0.25, 0.3) is 10.2 Å². The summed E-state index contributed by atoms with van der Waals surface area (Å²) in [6, 6.07) is 22.3. The molecule has 0 aliphatic rings. The fourth-order valence-corrected chi connectivity index (χ4v) is 3.77. The second-order valence-corrected chi connectivity index (χ2v) is 7.67. The number of carbonyl (C=O) groups excluding carboxylic acids is 2. The van der Waals surface area contributed by atoms with Crippen molar-refractivity contribution < 1.29 is 14.3 Å². The van der Waals surface area contributed by atoms with Gasteiger partial charge < -0.3 is 10.1 Å². The number of ether oxygens (including phenoxy) is 1. The molecule has 3 aromatic carbocycles. The standard InChI is InChI=1S/C23H19N3O3S/c1-15(27)24-18-9-12-20-21(13-18)30-23(25-20)26-22(28)17-7-10-19(11-8-17)29-14-16-5-3-2-4-6-16/h2-13H,14H2,1H3,(H,24,27)(H,25,26,28). The van der Waals surface area contributed by atoms with Crippen LogP contribution in [-0.2, 0) is 11.4 Å². The van der Waals surface area contributed by atoms with E-state index in [0.29, 0.717) is 28.7 Å². The first-order valence-corrected chi connectivity index (χ1v) is 10.1. The third-order valence-electron chi connectivity index (χ3n) is 4.29. The number of amides is 2. The van der Waals surface area contributed by atoms with Gasteiger partial charge in [-0.05, 0) is 48.0 Å². The molecule has 2 N–H and O–H groups in total. The Morgan fingerprint density at radius 2 is 1.73 bits per heavy atom. The molecular formula is C23H19N3O3S. The highest BCUT2D eigenvalue weighted by Gasteiger charge is 2.11. The van der Waals surface area contributed by atoms with Crippen LogP contribution in [0, 0.1) is 0 Å². The van der Waals surface area contributed by atoms with Crippen molar-refractivity contribution in [3.63, 3.8) is 0 Å². The summed E-state index contributed by atoms with van der Waals surface area (Å²) in [5.41, 5.74) is 3.05. The molecule has 30 heavy (non-hydrogen) atoms. The zero-order valence-electron chi connectivity index (χ0n) is 16.2. The summed E-state index contributed by atoms with van der Waals surface area (Å²) >= 11 is 1.35. The number of fused-ring (bicyclic) bond motifs is 1. The summed E-state index contributed by atoms with van der Waals surface area (Å²) in [6.45, 7) is 1.93. The molecule has 0 unspecified atom stereocenters. The van der Waals surface area contributed by atoms with E-state index < -0.39 is 0 Å². The highest BCUT2D eigenvalue weighted by molar-refractivity contribution is 7.22. The van der Waals surface area contributed by atoms with Crippen LogP contribution in [0.3, 0.4) is 0 Å². The van der Waals surface area contributed by atoms with Gasteiger partial charge in [0, 0.05) is 18.2 Å². The van der Waals surface area contributed by atoms with Crippen molar-refractivity contribution in [2.75, 3.05) is 10.6 Å². The average Bonchev–Trinajstić information content (AvgIpc) is 3.14. The maximum atomic E-state index is 12.6. The summed E-state index contributed by atoms with van der Waals surface area (Å²) in [4.78, 5) is 28.2. The van der Waals surface area contributed by atoms with Gasteiger partial charge in [-0.1, -0.05) is 41.7 Å². The van der Waals surface area contributed by atoms with E-state index >= 15 is 0 Å². The lowest BCUT2D eigenvalue weighted by Crippen LogP contribution is -2.11. The number of hydrogen-bond donors (Lipinski definition) is 2. The van der Waals surface area contributed by atoms with Gasteiger partial charge in [-0.15, -0.1) is 0 Å². The molecule has 0 saturated carbocycles. The van der Waals surface area contributed by atoms with Crippen LogP contribution in [0.5, 0.6) is 5.75 Å². The lowest BCUT2D eigenvalue weighted by molar-refractivity contribution is -0.114. The molecule has 0 bridgehead atoms. The number of carbonyl (C=O) groups is 2. The number of anilines is 2. The molecule has 2 amide bonds. The maximum absolute atomic E-state index is 12.6. The van der Waals surface area contributed by atoms with E-state index in [0.717, 1.165) is 15.8 Å². The Morgan fingerprint density at radius 1 is 0.967 bits per heavy atom. The Bertz CT molecular complexity index is 1190. The number of rotatable bonds is 6. The van der Waals surface area contributed by atoms with Gasteiger partial charge in [-0.25, -0.2) is 4.98 Å². The molecule has 0 radical (unpaired) electrons. The van der Waals surface area contributed by atoms with Crippen molar-refractivity contribution in [1.82, 2.24) is 4.98 Å². The average molecular weight is 417 g/mol. The molecule has 4 rings (SSSR count). The van der Waals surface area contributed by atoms with E-state index in [1.807, 2.05) is 42.5 Å². The number of nitrogens with one attached hydrogen (secondary N) is 2. The van der Waals surface area contributed by atoms with E-state index in [9.17, 15) is 9.59 Å². The molecule has 0 saturated heterocycles. The monoisotopic (exact) mass is 417 g/mol. The van der Waals surface area contributed by atoms with Crippen LogP contribution >= 0.6 is 11.3 Å². The van der Waals surface area contributed by atoms with Crippen molar-refractivity contribution in [2.45, 2.75) is 13.5 Å². The van der Waals surface area contributed by atoms with Crippen molar-refractivity contribution in [3.8, 4) is 5.75 Å². The van der Waals surface area contributed by atoms with E-state index in [4.69, 9.17) is 4.74 Å². The first-order chi connectivity index (χ1) is 14.6. The zero-order valence-corrected chi connectivity index (χ0v) is 17.0. The Labute approximate surface area is 177 Å². The number of benzene rings is 3. The minimum atomic E-state index is -0.245. The highest BCUT2D eigenvalue weighted by Crippen LogP contribution is 2.29. The fourth-order valence-electron chi connectivity index (χ4n) is 2.87. The predicted molar refractivity (Wildman–Crippen MR) is 119 cm³/mol. The second-order valence-electron chi connectivity index (χ2n) is 6.64. The number of hydrogen-bond acceptors (Lipinski definition) is 5. The first kappa shape index (κ1) is 19.6. The molecule has 7 heteroatoms. The SMILES string of the molecule is CC(=O)Nc1ccc2nc(NC(=O)c3ccc(OCc4ccccc4)cc3)sc2c1.